The molecule has 0 aliphatic heterocycles. The first-order chi connectivity index (χ1) is 10.1. The Labute approximate surface area is 141 Å². The number of hydrogen-bond donors (Lipinski definition) is 2. The van der Waals surface area contributed by atoms with E-state index in [1.807, 2.05) is 43.3 Å². The molecule has 4 nitrogen and oxygen atoms in total. The van der Waals surface area contributed by atoms with E-state index in [0.717, 1.165) is 25.8 Å². The van der Waals surface area contributed by atoms with Crippen molar-refractivity contribution in [1.29, 1.82) is 0 Å². The first-order valence-corrected chi connectivity index (χ1v) is 8.11. The molecule has 0 amide bonds. The zero-order valence-electron chi connectivity index (χ0n) is 11.5. The van der Waals surface area contributed by atoms with Gasteiger partial charge in [-0.15, -0.1) is 11.3 Å². The van der Waals surface area contributed by atoms with E-state index >= 15 is 0 Å². The summed E-state index contributed by atoms with van der Waals surface area (Å²) < 4.78 is 6.18. The van der Waals surface area contributed by atoms with Crippen LogP contribution in [0.25, 0.3) is 0 Å². The van der Waals surface area contributed by atoms with Crippen LogP contribution in [0.15, 0.2) is 45.3 Å². The summed E-state index contributed by atoms with van der Waals surface area (Å²) in [6.07, 6.45) is 0. The number of halogens is 1. The Morgan fingerprint density at radius 1 is 1.24 bits per heavy atom. The molecule has 0 saturated carbocycles. The number of rotatable bonds is 4. The van der Waals surface area contributed by atoms with Crippen LogP contribution in [0.4, 0.5) is 5.69 Å². The van der Waals surface area contributed by atoms with Crippen molar-refractivity contribution in [1.82, 2.24) is 5.43 Å². The zero-order valence-corrected chi connectivity index (χ0v) is 14.7. The maximum atomic E-state index is 5.20. The molecular formula is C14H14BrN3OS2. The number of methoxy groups -OCH3 is 1. The smallest absolute Gasteiger partial charge is 0.191 e. The Hall–Kier alpha value is -1.44. The topological polar surface area (TPSA) is 45.6 Å². The van der Waals surface area contributed by atoms with Gasteiger partial charge in [-0.25, -0.2) is 0 Å². The molecule has 1 aromatic carbocycles. The van der Waals surface area contributed by atoms with Crippen molar-refractivity contribution in [2.75, 3.05) is 12.4 Å². The molecular weight excluding hydrogens is 370 g/mol. The highest BCUT2D eigenvalue weighted by molar-refractivity contribution is 9.11. The van der Waals surface area contributed by atoms with Crippen molar-refractivity contribution in [2.45, 2.75) is 6.92 Å². The number of nitrogens with zero attached hydrogens (tertiary/aromatic N) is 1. The van der Waals surface area contributed by atoms with Gasteiger partial charge >= 0.3 is 0 Å². The molecule has 110 valence electrons. The Bertz CT molecular complexity index is 652. The fraction of sp³-hybridized carbons (Fsp3) is 0.143. The minimum atomic E-state index is 0.440. The summed E-state index contributed by atoms with van der Waals surface area (Å²) in [5.74, 6) is 0.802. The van der Waals surface area contributed by atoms with Gasteiger partial charge in [-0.05, 0) is 71.5 Å². The van der Waals surface area contributed by atoms with E-state index < -0.39 is 0 Å². The Balaban J connectivity index is 1.92. The zero-order chi connectivity index (χ0) is 15.2. The third-order valence-corrected chi connectivity index (χ3v) is 4.53. The van der Waals surface area contributed by atoms with Crippen LogP contribution in [-0.2, 0) is 0 Å². The van der Waals surface area contributed by atoms with Gasteiger partial charge in [-0.2, -0.15) is 5.10 Å². The maximum absolute atomic E-state index is 5.20. The molecule has 1 aromatic heterocycles. The van der Waals surface area contributed by atoms with Crippen molar-refractivity contribution in [3.05, 3.63) is 45.1 Å². The summed E-state index contributed by atoms with van der Waals surface area (Å²) in [5, 5.41) is 7.76. The molecule has 0 atom stereocenters. The van der Waals surface area contributed by atoms with Crippen LogP contribution in [0.3, 0.4) is 0 Å². The Morgan fingerprint density at radius 2 is 1.95 bits per heavy atom. The van der Waals surface area contributed by atoms with E-state index in [4.69, 9.17) is 17.0 Å². The highest BCUT2D eigenvalue weighted by Crippen LogP contribution is 2.22. The highest BCUT2D eigenvalue weighted by atomic mass is 79.9. The average molecular weight is 384 g/mol. The number of hydrogen-bond acceptors (Lipinski definition) is 4. The maximum Gasteiger partial charge on any atom is 0.191 e. The van der Waals surface area contributed by atoms with E-state index in [1.165, 1.54) is 0 Å². The predicted molar refractivity (Wildman–Crippen MR) is 96.6 cm³/mol. The van der Waals surface area contributed by atoms with E-state index in [1.54, 1.807) is 18.4 Å². The van der Waals surface area contributed by atoms with Crippen molar-refractivity contribution in [3.8, 4) is 5.75 Å². The number of anilines is 1. The van der Waals surface area contributed by atoms with Gasteiger partial charge in [-0.1, -0.05) is 0 Å². The molecule has 2 aromatic rings. The molecule has 2 N–H and O–H groups in total. The monoisotopic (exact) mass is 383 g/mol. The second-order valence-corrected chi connectivity index (χ2v) is 6.97. The van der Waals surface area contributed by atoms with Crippen LogP contribution in [0.2, 0.25) is 0 Å². The molecule has 0 unspecified atom stereocenters. The summed E-state index contributed by atoms with van der Waals surface area (Å²) in [6, 6.07) is 11.5. The van der Waals surface area contributed by atoms with Gasteiger partial charge < -0.3 is 10.1 Å². The van der Waals surface area contributed by atoms with Crippen LogP contribution in [0.1, 0.15) is 11.8 Å². The quantitative estimate of drug-likeness (QED) is 0.471. The van der Waals surface area contributed by atoms with Gasteiger partial charge in [0.25, 0.3) is 0 Å². The summed E-state index contributed by atoms with van der Waals surface area (Å²) in [6.45, 7) is 1.93. The van der Waals surface area contributed by atoms with E-state index in [0.29, 0.717) is 5.11 Å². The summed E-state index contributed by atoms with van der Waals surface area (Å²) in [7, 11) is 1.63. The van der Waals surface area contributed by atoms with Crippen LogP contribution in [0.5, 0.6) is 5.75 Å². The third-order valence-electron chi connectivity index (χ3n) is 2.60. The average Bonchev–Trinajstić information content (AvgIpc) is 2.92. The van der Waals surface area contributed by atoms with Crippen LogP contribution >= 0.6 is 39.5 Å². The fourth-order valence-electron chi connectivity index (χ4n) is 1.53. The lowest BCUT2D eigenvalue weighted by Gasteiger charge is -2.08. The van der Waals surface area contributed by atoms with Gasteiger partial charge in [-0.3, -0.25) is 5.43 Å². The van der Waals surface area contributed by atoms with Crippen molar-refractivity contribution >= 4 is 56.0 Å². The number of benzene rings is 1. The minimum Gasteiger partial charge on any atom is -0.497 e. The lowest BCUT2D eigenvalue weighted by Crippen LogP contribution is -2.24. The molecule has 21 heavy (non-hydrogen) atoms. The van der Waals surface area contributed by atoms with Crippen LogP contribution in [0, 0.1) is 0 Å². The molecule has 0 bridgehead atoms. The van der Waals surface area contributed by atoms with Crippen molar-refractivity contribution in [3.63, 3.8) is 0 Å². The Kier molecular flexibility index (Phi) is 5.72. The number of thiophene rings is 1. The lowest BCUT2D eigenvalue weighted by atomic mass is 10.3. The number of ether oxygens (including phenoxy) is 1. The second kappa shape index (κ2) is 7.53. The molecule has 0 radical (unpaired) electrons. The van der Waals surface area contributed by atoms with Crippen LogP contribution in [-0.4, -0.2) is 17.9 Å². The van der Waals surface area contributed by atoms with Gasteiger partial charge in [0, 0.05) is 5.69 Å². The van der Waals surface area contributed by atoms with Gasteiger partial charge in [0.2, 0.25) is 0 Å². The molecule has 2 rings (SSSR count). The summed E-state index contributed by atoms with van der Waals surface area (Å²) in [4.78, 5) is 1.08. The first kappa shape index (κ1) is 15.9. The fourth-order valence-corrected chi connectivity index (χ4v) is 3.03. The largest absolute Gasteiger partial charge is 0.497 e. The number of nitrogens with one attached hydrogen (secondary N) is 2. The Morgan fingerprint density at radius 3 is 2.52 bits per heavy atom. The van der Waals surface area contributed by atoms with Crippen LogP contribution < -0.4 is 15.5 Å². The van der Waals surface area contributed by atoms with E-state index in [2.05, 4.69) is 31.8 Å². The first-order valence-electron chi connectivity index (χ1n) is 6.09. The molecule has 0 aliphatic carbocycles. The molecule has 1 heterocycles. The molecule has 0 fully saturated rings. The lowest BCUT2D eigenvalue weighted by molar-refractivity contribution is 0.415. The minimum absolute atomic E-state index is 0.440. The summed E-state index contributed by atoms with van der Waals surface area (Å²) >= 11 is 10.3. The number of hydrazone groups is 1. The third kappa shape index (κ3) is 4.80. The molecule has 0 aliphatic rings. The summed E-state index contributed by atoms with van der Waals surface area (Å²) in [5.41, 5.74) is 4.59. The normalized spacial score (nSPS) is 11.1. The van der Waals surface area contributed by atoms with E-state index in [-0.39, 0.29) is 0 Å². The molecule has 0 spiro atoms. The highest BCUT2D eigenvalue weighted by Gasteiger charge is 2.02. The van der Waals surface area contributed by atoms with Crippen molar-refractivity contribution < 1.29 is 4.74 Å². The standard InChI is InChI=1S/C14H14BrN3OS2/c1-9(12-7-8-13(15)21-12)17-18-14(20)16-10-3-5-11(19-2)6-4-10/h3-8H,1-2H3,(H2,16,18,20)/b17-9-. The SMILES string of the molecule is COc1ccc(NC(=S)N/N=C(/C)c2ccc(Br)s2)cc1. The van der Waals surface area contributed by atoms with Gasteiger partial charge in [0.1, 0.15) is 5.75 Å². The number of thiocarbonyl (C=S) groups is 1. The molecule has 0 saturated heterocycles. The molecule has 7 heteroatoms. The van der Waals surface area contributed by atoms with E-state index in [9.17, 15) is 0 Å². The second-order valence-electron chi connectivity index (χ2n) is 4.10. The van der Waals surface area contributed by atoms with Gasteiger partial charge in [0.15, 0.2) is 5.11 Å². The predicted octanol–water partition coefficient (Wildman–Crippen LogP) is 4.23. The van der Waals surface area contributed by atoms with Gasteiger partial charge in [0.05, 0.1) is 21.5 Å². The van der Waals surface area contributed by atoms with Crippen molar-refractivity contribution in [2.24, 2.45) is 5.10 Å².